The minimum atomic E-state index is -0.405. The highest BCUT2D eigenvalue weighted by molar-refractivity contribution is 5.84. The number of esters is 1. The lowest BCUT2D eigenvalue weighted by atomic mass is 9.94. The fourth-order valence-electron chi connectivity index (χ4n) is 3.14. The van der Waals surface area contributed by atoms with Crippen molar-refractivity contribution in [3.8, 4) is 5.75 Å². The Bertz CT molecular complexity index is 811. The number of aromatic nitrogens is 1. The number of methoxy groups -OCH3 is 1. The zero-order valence-corrected chi connectivity index (χ0v) is 15.9. The topological polar surface area (TPSA) is 89.6 Å². The molecule has 1 aliphatic rings. The van der Waals surface area contributed by atoms with Crippen molar-refractivity contribution in [2.24, 2.45) is 5.92 Å². The van der Waals surface area contributed by atoms with Gasteiger partial charge in [0, 0.05) is 19.3 Å². The number of amides is 1. The number of carbonyl (C=O) groups excluding carboxylic acids is 2. The van der Waals surface area contributed by atoms with Crippen LogP contribution >= 0.6 is 0 Å². The maximum absolute atomic E-state index is 12.2. The summed E-state index contributed by atoms with van der Waals surface area (Å²) >= 11 is 0. The standard InChI is InChI=1S/C21H25N3O4/c1-27-20(25)13-16-11-15-6-7-18(12-17(15)14-24-21(16)26)28-10-4-9-23-19-5-2-3-8-22-19/h2-3,5-8,12,16H,4,9-11,13-14H2,1H3,(H,22,23)(H,24,26). The Morgan fingerprint density at radius 2 is 2.18 bits per heavy atom. The first-order chi connectivity index (χ1) is 13.7. The van der Waals surface area contributed by atoms with Crippen LogP contribution in [0.2, 0.25) is 0 Å². The van der Waals surface area contributed by atoms with Crippen LogP contribution in [0.5, 0.6) is 5.75 Å². The molecule has 1 aliphatic heterocycles. The van der Waals surface area contributed by atoms with E-state index in [4.69, 9.17) is 9.47 Å². The monoisotopic (exact) mass is 383 g/mol. The molecule has 0 bridgehead atoms. The summed E-state index contributed by atoms with van der Waals surface area (Å²) in [5, 5.41) is 6.13. The third-order valence-corrected chi connectivity index (χ3v) is 4.67. The molecule has 7 heteroatoms. The van der Waals surface area contributed by atoms with E-state index in [9.17, 15) is 9.59 Å². The van der Waals surface area contributed by atoms with Crippen LogP contribution in [-0.4, -0.2) is 37.1 Å². The molecular weight excluding hydrogens is 358 g/mol. The van der Waals surface area contributed by atoms with Crippen molar-refractivity contribution in [3.63, 3.8) is 0 Å². The van der Waals surface area contributed by atoms with E-state index in [0.717, 1.165) is 35.7 Å². The quantitative estimate of drug-likeness (QED) is 0.537. The molecule has 148 valence electrons. The van der Waals surface area contributed by atoms with Crippen molar-refractivity contribution in [1.82, 2.24) is 10.3 Å². The van der Waals surface area contributed by atoms with E-state index >= 15 is 0 Å². The average Bonchev–Trinajstić information content (AvgIpc) is 2.87. The third-order valence-electron chi connectivity index (χ3n) is 4.67. The van der Waals surface area contributed by atoms with Crippen LogP contribution in [-0.2, 0) is 27.3 Å². The van der Waals surface area contributed by atoms with E-state index in [-0.39, 0.29) is 18.3 Å². The predicted molar refractivity (Wildman–Crippen MR) is 105 cm³/mol. The van der Waals surface area contributed by atoms with Crippen LogP contribution in [0.25, 0.3) is 0 Å². The van der Waals surface area contributed by atoms with E-state index in [0.29, 0.717) is 19.6 Å². The lowest BCUT2D eigenvalue weighted by molar-refractivity contribution is -0.144. The molecule has 1 aromatic heterocycles. The molecule has 2 N–H and O–H groups in total. The van der Waals surface area contributed by atoms with Crippen LogP contribution in [0.3, 0.4) is 0 Å². The van der Waals surface area contributed by atoms with Gasteiger partial charge in [-0.25, -0.2) is 4.98 Å². The fourth-order valence-corrected chi connectivity index (χ4v) is 3.14. The maximum Gasteiger partial charge on any atom is 0.306 e. The van der Waals surface area contributed by atoms with Crippen molar-refractivity contribution in [1.29, 1.82) is 0 Å². The summed E-state index contributed by atoms with van der Waals surface area (Å²) in [7, 11) is 1.33. The molecule has 0 saturated carbocycles. The highest BCUT2D eigenvalue weighted by Gasteiger charge is 2.26. The molecule has 28 heavy (non-hydrogen) atoms. The van der Waals surface area contributed by atoms with Crippen molar-refractivity contribution >= 4 is 17.7 Å². The molecule has 0 radical (unpaired) electrons. The molecule has 1 atom stereocenters. The van der Waals surface area contributed by atoms with Gasteiger partial charge in [-0.1, -0.05) is 12.1 Å². The Balaban J connectivity index is 1.50. The molecule has 7 nitrogen and oxygen atoms in total. The number of rotatable bonds is 8. The number of benzene rings is 1. The molecular formula is C21H25N3O4. The minimum Gasteiger partial charge on any atom is -0.494 e. The van der Waals surface area contributed by atoms with Crippen molar-refractivity contribution in [2.75, 3.05) is 25.6 Å². The van der Waals surface area contributed by atoms with E-state index in [1.54, 1.807) is 6.20 Å². The second kappa shape index (κ2) is 9.73. The number of nitrogens with zero attached hydrogens (tertiary/aromatic N) is 1. The van der Waals surface area contributed by atoms with Gasteiger partial charge in [0.2, 0.25) is 5.91 Å². The molecule has 2 heterocycles. The zero-order valence-electron chi connectivity index (χ0n) is 15.9. The summed E-state index contributed by atoms with van der Waals surface area (Å²) in [6.45, 7) is 1.79. The molecule has 1 unspecified atom stereocenters. The van der Waals surface area contributed by atoms with Gasteiger partial charge in [-0.3, -0.25) is 9.59 Å². The van der Waals surface area contributed by atoms with Gasteiger partial charge in [0.05, 0.1) is 26.1 Å². The first kappa shape index (κ1) is 19.7. The summed E-state index contributed by atoms with van der Waals surface area (Å²) in [5.74, 6) is 0.729. The first-order valence-electron chi connectivity index (χ1n) is 9.39. The van der Waals surface area contributed by atoms with E-state index in [2.05, 4.69) is 15.6 Å². The van der Waals surface area contributed by atoms with Crippen LogP contribution in [0, 0.1) is 5.92 Å². The Morgan fingerprint density at radius 3 is 2.96 bits per heavy atom. The Labute approximate surface area is 164 Å². The highest BCUT2D eigenvalue weighted by atomic mass is 16.5. The van der Waals surface area contributed by atoms with Crippen LogP contribution in [0.4, 0.5) is 5.82 Å². The molecule has 1 aromatic carbocycles. The summed E-state index contributed by atoms with van der Waals surface area (Å²) in [5.41, 5.74) is 2.07. The largest absolute Gasteiger partial charge is 0.494 e. The van der Waals surface area contributed by atoms with Gasteiger partial charge in [-0.15, -0.1) is 0 Å². The molecule has 0 aliphatic carbocycles. The van der Waals surface area contributed by atoms with Gasteiger partial charge in [-0.2, -0.15) is 0 Å². The summed E-state index contributed by atoms with van der Waals surface area (Å²) < 4.78 is 10.5. The molecule has 0 fully saturated rings. The third kappa shape index (κ3) is 5.45. The molecule has 0 saturated heterocycles. The van der Waals surface area contributed by atoms with Gasteiger partial charge < -0.3 is 20.1 Å². The predicted octanol–water partition coefficient (Wildman–Crippen LogP) is 2.31. The molecule has 2 aromatic rings. The second-order valence-corrected chi connectivity index (χ2v) is 6.67. The lowest BCUT2D eigenvalue weighted by Gasteiger charge is -2.12. The van der Waals surface area contributed by atoms with Crippen LogP contribution < -0.4 is 15.4 Å². The SMILES string of the molecule is COC(=O)CC1Cc2ccc(OCCCNc3ccccn3)cc2CNC1=O. The number of nitrogens with one attached hydrogen (secondary N) is 2. The average molecular weight is 383 g/mol. The number of hydrogen-bond donors (Lipinski definition) is 2. The van der Waals surface area contributed by atoms with Gasteiger partial charge in [0.15, 0.2) is 0 Å². The summed E-state index contributed by atoms with van der Waals surface area (Å²) in [6, 6.07) is 11.6. The lowest BCUT2D eigenvalue weighted by Crippen LogP contribution is -2.30. The zero-order chi connectivity index (χ0) is 19.8. The van der Waals surface area contributed by atoms with E-state index in [1.165, 1.54) is 7.11 Å². The van der Waals surface area contributed by atoms with Crippen LogP contribution in [0.15, 0.2) is 42.6 Å². The minimum absolute atomic E-state index is 0.0866. The second-order valence-electron chi connectivity index (χ2n) is 6.67. The van der Waals surface area contributed by atoms with Gasteiger partial charge in [-0.05, 0) is 48.2 Å². The Kier molecular flexibility index (Phi) is 6.84. The molecule has 1 amide bonds. The number of carbonyl (C=O) groups is 2. The number of anilines is 1. The van der Waals surface area contributed by atoms with Crippen LogP contribution in [0.1, 0.15) is 24.0 Å². The summed E-state index contributed by atoms with van der Waals surface area (Å²) in [6.07, 6.45) is 3.20. The number of pyridine rings is 1. The molecule has 3 rings (SSSR count). The van der Waals surface area contributed by atoms with Gasteiger partial charge >= 0.3 is 5.97 Å². The maximum atomic E-state index is 12.2. The van der Waals surface area contributed by atoms with E-state index < -0.39 is 5.92 Å². The normalized spacial score (nSPS) is 15.8. The fraction of sp³-hybridized carbons (Fsp3) is 0.381. The number of fused-ring (bicyclic) bond motifs is 1. The number of hydrogen-bond acceptors (Lipinski definition) is 6. The van der Waals surface area contributed by atoms with Crippen molar-refractivity contribution < 1.29 is 19.1 Å². The highest BCUT2D eigenvalue weighted by Crippen LogP contribution is 2.25. The first-order valence-corrected chi connectivity index (χ1v) is 9.39. The Morgan fingerprint density at radius 1 is 1.29 bits per heavy atom. The number of ether oxygens (including phenoxy) is 2. The van der Waals surface area contributed by atoms with Crippen molar-refractivity contribution in [3.05, 3.63) is 53.7 Å². The smallest absolute Gasteiger partial charge is 0.306 e. The van der Waals surface area contributed by atoms with Crippen molar-refractivity contribution in [2.45, 2.75) is 25.8 Å². The Hall–Kier alpha value is -3.09. The van der Waals surface area contributed by atoms with Gasteiger partial charge in [0.1, 0.15) is 11.6 Å². The van der Waals surface area contributed by atoms with Gasteiger partial charge in [0.25, 0.3) is 0 Å². The summed E-state index contributed by atoms with van der Waals surface area (Å²) in [4.78, 5) is 28.0. The molecule has 0 spiro atoms. The van der Waals surface area contributed by atoms with E-state index in [1.807, 2.05) is 36.4 Å².